The van der Waals surface area contributed by atoms with Gasteiger partial charge in [0.1, 0.15) is 10.8 Å². The first-order chi connectivity index (χ1) is 8.28. The number of fused-ring (bicyclic) bond motifs is 1. The summed E-state index contributed by atoms with van der Waals surface area (Å²) in [6, 6.07) is 5.06. The summed E-state index contributed by atoms with van der Waals surface area (Å²) in [4.78, 5) is 4.51. The van der Waals surface area contributed by atoms with Crippen LogP contribution in [0.4, 0.5) is 4.39 Å². The molecule has 0 radical (unpaired) electrons. The highest BCUT2D eigenvalue weighted by Gasteiger charge is 2.30. The quantitative estimate of drug-likeness (QED) is 0.889. The topological polar surface area (TPSA) is 34.1 Å². The van der Waals surface area contributed by atoms with Crippen molar-refractivity contribution in [3.63, 3.8) is 0 Å². The van der Waals surface area contributed by atoms with Crippen molar-refractivity contribution in [2.24, 2.45) is 0 Å². The summed E-state index contributed by atoms with van der Waals surface area (Å²) < 4.78 is 19.6. The molecule has 17 heavy (non-hydrogen) atoms. The third-order valence-electron chi connectivity index (χ3n) is 3.13. The van der Waals surface area contributed by atoms with Gasteiger partial charge in [0.15, 0.2) is 0 Å². The van der Waals surface area contributed by atoms with Crippen molar-refractivity contribution in [2.45, 2.75) is 12.0 Å². The molecule has 1 aliphatic heterocycles. The van der Waals surface area contributed by atoms with Crippen LogP contribution in [0.15, 0.2) is 18.2 Å². The van der Waals surface area contributed by atoms with E-state index >= 15 is 0 Å². The molecule has 5 heteroatoms. The molecule has 1 aromatic heterocycles. The molecule has 2 unspecified atom stereocenters. The zero-order valence-electron chi connectivity index (χ0n) is 9.44. The summed E-state index contributed by atoms with van der Waals surface area (Å²) in [6.07, 6.45) is 0. The molecule has 1 aromatic carbocycles. The minimum absolute atomic E-state index is 0.234. The molecule has 1 N–H and O–H groups in total. The van der Waals surface area contributed by atoms with Crippen LogP contribution >= 0.6 is 11.3 Å². The van der Waals surface area contributed by atoms with Crippen LogP contribution in [-0.4, -0.2) is 31.3 Å². The average molecular weight is 252 g/mol. The van der Waals surface area contributed by atoms with E-state index in [-0.39, 0.29) is 11.7 Å². The number of aromatic nitrogens is 1. The van der Waals surface area contributed by atoms with Crippen LogP contribution in [-0.2, 0) is 4.74 Å². The van der Waals surface area contributed by atoms with Crippen LogP contribution in [0.2, 0.25) is 0 Å². The van der Waals surface area contributed by atoms with Crippen molar-refractivity contribution >= 4 is 21.6 Å². The monoisotopic (exact) mass is 252 g/mol. The molecule has 3 rings (SSSR count). The highest BCUT2D eigenvalue weighted by Crippen LogP contribution is 2.32. The maximum Gasteiger partial charge on any atom is 0.125 e. The summed E-state index contributed by atoms with van der Waals surface area (Å²) >= 11 is 1.62. The van der Waals surface area contributed by atoms with Crippen molar-refractivity contribution in [2.75, 3.05) is 20.3 Å². The second-order valence-corrected chi connectivity index (χ2v) is 5.27. The minimum atomic E-state index is -0.234. The van der Waals surface area contributed by atoms with Gasteiger partial charge in [0, 0.05) is 12.1 Å². The van der Waals surface area contributed by atoms with Gasteiger partial charge in [0.05, 0.1) is 29.3 Å². The Kier molecular flexibility index (Phi) is 2.82. The lowest BCUT2D eigenvalue weighted by molar-refractivity contribution is 0.188. The van der Waals surface area contributed by atoms with E-state index in [0.717, 1.165) is 15.2 Å². The van der Waals surface area contributed by atoms with Crippen LogP contribution in [0.5, 0.6) is 0 Å². The van der Waals surface area contributed by atoms with E-state index in [1.54, 1.807) is 17.4 Å². The number of rotatable bonds is 2. The van der Waals surface area contributed by atoms with Crippen molar-refractivity contribution in [1.82, 2.24) is 10.3 Å². The molecule has 0 aliphatic carbocycles. The molecule has 2 atom stereocenters. The third-order valence-corrected chi connectivity index (χ3v) is 4.30. The lowest BCUT2D eigenvalue weighted by Crippen LogP contribution is -2.30. The SMILES string of the molecule is CNC1COCC1c1nc2cc(F)ccc2s1. The van der Waals surface area contributed by atoms with E-state index in [0.29, 0.717) is 19.3 Å². The van der Waals surface area contributed by atoms with Crippen LogP contribution in [0.1, 0.15) is 10.9 Å². The Labute approximate surface area is 103 Å². The summed E-state index contributed by atoms with van der Waals surface area (Å²) in [6.45, 7) is 1.40. The molecule has 2 heterocycles. The third kappa shape index (κ3) is 1.94. The molecule has 0 spiro atoms. The van der Waals surface area contributed by atoms with Crippen molar-refractivity contribution in [3.05, 3.63) is 29.0 Å². The Hall–Kier alpha value is -1.04. The fourth-order valence-corrected chi connectivity index (χ4v) is 3.26. The number of halogens is 1. The number of ether oxygens (including phenoxy) is 1. The van der Waals surface area contributed by atoms with E-state index in [2.05, 4.69) is 10.3 Å². The molecule has 3 nitrogen and oxygen atoms in total. The van der Waals surface area contributed by atoms with Gasteiger partial charge in [-0.1, -0.05) is 0 Å². The second kappa shape index (κ2) is 4.33. The maximum absolute atomic E-state index is 13.1. The molecule has 0 saturated carbocycles. The van der Waals surface area contributed by atoms with Gasteiger partial charge in [-0.3, -0.25) is 0 Å². The number of nitrogens with zero attached hydrogens (tertiary/aromatic N) is 1. The first-order valence-electron chi connectivity index (χ1n) is 5.59. The van der Waals surface area contributed by atoms with Gasteiger partial charge in [-0.25, -0.2) is 9.37 Å². The minimum Gasteiger partial charge on any atom is -0.379 e. The van der Waals surface area contributed by atoms with Gasteiger partial charge < -0.3 is 10.1 Å². The molecule has 0 bridgehead atoms. The lowest BCUT2D eigenvalue weighted by Gasteiger charge is -2.13. The predicted octanol–water partition coefficient (Wildman–Crippen LogP) is 2.14. The molecular formula is C12H13FN2OS. The first-order valence-corrected chi connectivity index (χ1v) is 6.40. The highest BCUT2D eigenvalue weighted by atomic mass is 32.1. The van der Waals surface area contributed by atoms with Gasteiger partial charge in [0.2, 0.25) is 0 Å². The Bertz CT molecular complexity index is 542. The first kappa shape index (κ1) is 11.1. The highest BCUT2D eigenvalue weighted by molar-refractivity contribution is 7.18. The number of benzene rings is 1. The number of likely N-dealkylation sites (N-methyl/N-ethyl adjacent to an activating group) is 1. The number of nitrogens with one attached hydrogen (secondary N) is 1. The van der Waals surface area contributed by atoms with Crippen molar-refractivity contribution in [1.29, 1.82) is 0 Å². The smallest absolute Gasteiger partial charge is 0.125 e. The Morgan fingerprint density at radius 1 is 1.47 bits per heavy atom. The van der Waals surface area contributed by atoms with Gasteiger partial charge in [-0.2, -0.15) is 0 Å². The van der Waals surface area contributed by atoms with Crippen LogP contribution < -0.4 is 5.32 Å². The van der Waals surface area contributed by atoms with E-state index < -0.39 is 0 Å². The van der Waals surface area contributed by atoms with Gasteiger partial charge in [-0.05, 0) is 19.2 Å². The molecule has 1 aliphatic rings. The van der Waals surface area contributed by atoms with E-state index in [1.807, 2.05) is 7.05 Å². The zero-order chi connectivity index (χ0) is 11.8. The van der Waals surface area contributed by atoms with Crippen molar-refractivity contribution < 1.29 is 9.13 Å². The molecule has 90 valence electrons. The largest absolute Gasteiger partial charge is 0.379 e. The summed E-state index contributed by atoms with van der Waals surface area (Å²) in [5.41, 5.74) is 0.742. The normalized spacial score (nSPS) is 24.6. The lowest BCUT2D eigenvalue weighted by atomic mass is 10.1. The number of thiazole rings is 1. The summed E-state index contributed by atoms with van der Waals surface area (Å²) in [5, 5.41) is 4.27. The maximum atomic E-state index is 13.1. The van der Waals surface area contributed by atoms with Crippen LogP contribution in [0, 0.1) is 5.82 Å². The molecular weight excluding hydrogens is 239 g/mol. The zero-order valence-corrected chi connectivity index (χ0v) is 10.3. The van der Waals surface area contributed by atoms with Crippen molar-refractivity contribution in [3.8, 4) is 0 Å². The average Bonchev–Trinajstić information content (AvgIpc) is 2.93. The molecule has 1 fully saturated rings. The van der Waals surface area contributed by atoms with E-state index in [9.17, 15) is 4.39 Å². The molecule has 2 aromatic rings. The number of hydrogen-bond acceptors (Lipinski definition) is 4. The fraction of sp³-hybridized carbons (Fsp3) is 0.417. The Balaban J connectivity index is 2.00. The predicted molar refractivity (Wildman–Crippen MR) is 66.0 cm³/mol. The van der Waals surface area contributed by atoms with Crippen LogP contribution in [0.3, 0.4) is 0 Å². The number of hydrogen-bond donors (Lipinski definition) is 1. The molecule has 0 amide bonds. The summed E-state index contributed by atoms with van der Waals surface area (Å²) in [7, 11) is 1.93. The van der Waals surface area contributed by atoms with E-state index in [4.69, 9.17) is 4.74 Å². The second-order valence-electron chi connectivity index (χ2n) is 4.20. The standard InChI is InChI=1S/C12H13FN2OS/c1-14-10-6-16-5-8(10)12-15-9-4-7(13)2-3-11(9)17-12/h2-4,8,10,14H,5-6H2,1H3. The van der Waals surface area contributed by atoms with Crippen LogP contribution in [0.25, 0.3) is 10.2 Å². The summed E-state index contributed by atoms with van der Waals surface area (Å²) in [5.74, 6) is 0.0441. The fourth-order valence-electron chi connectivity index (χ4n) is 2.16. The Morgan fingerprint density at radius 3 is 3.18 bits per heavy atom. The molecule has 1 saturated heterocycles. The van der Waals surface area contributed by atoms with E-state index in [1.165, 1.54) is 12.1 Å². The van der Waals surface area contributed by atoms with Gasteiger partial charge >= 0.3 is 0 Å². The Morgan fingerprint density at radius 2 is 2.35 bits per heavy atom. The van der Waals surface area contributed by atoms with Gasteiger partial charge in [-0.15, -0.1) is 11.3 Å². The van der Waals surface area contributed by atoms with Gasteiger partial charge in [0.25, 0.3) is 0 Å².